The van der Waals surface area contributed by atoms with Gasteiger partial charge in [-0.2, -0.15) is 0 Å². The van der Waals surface area contributed by atoms with Crippen molar-refractivity contribution in [1.29, 1.82) is 0 Å². The van der Waals surface area contributed by atoms with E-state index in [9.17, 15) is 9.59 Å². The first kappa shape index (κ1) is 15.4. The van der Waals surface area contributed by atoms with Crippen molar-refractivity contribution in [3.63, 3.8) is 0 Å². The number of anilines is 2. The summed E-state index contributed by atoms with van der Waals surface area (Å²) < 4.78 is 0. The molecule has 0 aliphatic carbocycles. The average Bonchev–Trinajstić information content (AvgIpc) is 2.37. The molecule has 0 heterocycles. The van der Waals surface area contributed by atoms with Crippen molar-refractivity contribution < 1.29 is 9.59 Å². The molecule has 4 nitrogen and oxygen atoms in total. The van der Waals surface area contributed by atoms with Crippen LogP contribution in [0.3, 0.4) is 0 Å². The highest BCUT2D eigenvalue weighted by Crippen LogP contribution is 2.22. The zero-order chi connectivity index (χ0) is 15.4. The van der Waals surface area contributed by atoms with Crippen LogP contribution in [0.2, 0.25) is 10.0 Å². The van der Waals surface area contributed by atoms with E-state index in [1.165, 1.54) is 13.0 Å². The van der Waals surface area contributed by atoms with Crippen LogP contribution in [0.1, 0.15) is 17.3 Å². The van der Waals surface area contributed by atoms with Crippen LogP contribution in [-0.2, 0) is 4.79 Å². The molecule has 2 aromatic rings. The topological polar surface area (TPSA) is 58.2 Å². The SMILES string of the molecule is CC(=O)Nc1cccc(NC(=O)c2ccc(Cl)cc2Cl)c1. The van der Waals surface area contributed by atoms with Gasteiger partial charge in [-0.05, 0) is 36.4 Å². The molecule has 0 unspecified atom stereocenters. The second-order valence-electron chi connectivity index (χ2n) is 4.34. The van der Waals surface area contributed by atoms with E-state index in [0.29, 0.717) is 22.0 Å². The summed E-state index contributed by atoms with van der Waals surface area (Å²) in [6.07, 6.45) is 0. The molecule has 0 aliphatic rings. The smallest absolute Gasteiger partial charge is 0.257 e. The van der Waals surface area contributed by atoms with Crippen molar-refractivity contribution in [2.24, 2.45) is 0 Å². The molecule has 21 heavy (non-hydrogen) atoms. The largest absolute Gasteiger partial charge is 0.326 e. The Labute approximate surface area is 132 Å². The van der Waals surface area contributed by atoms with Gasteiger partial charge in [0.05, 0.1) is 10.6 Å². The van der Waals surface area contributed by atoms with Gasteiger partial charge in [-0.15, -0.1) is 0 Å². The third-order valence-corrected chi connectivity index (χ3v) is 3.16. The van der Waals surface area contributed by atoms with Crippen molar-refractivity contribution in [3.8, 4) is 0 Å². The van der Waals surface area contributed by atoms with Gasteiger partial charge in [0.15, 0.2) is 0 Å². The number of hydrogen-bond donors (Lipinski definition) is 2. The number of carbonyl (C=O) groups excluding carboxylic acids is 2. The molecule has 0 spiro atoms. The van der Waals surface area contributed by atoms with Crippen LogP contribution < -0.4 is 10.6 Å². The lowest BCUT2D eigenvalue weighted by atomic mass is 10.2. The van der Waals surface area contributed by atoms with Crippen LogP contribution >= 0.6 is 23.2 Å². The maximum Gasteiger partial charge on any atom is 0.257 e. The van der Waals surface area contributed by atoms with E-state index in [1.807, 2.05) is 0 Å². The normalized spacial score (nSPS) is 10.0. The molecule has 0 bridgehead atoms. The number of amides is 2. The Morgan fingerprint density at radius 2 is 1.62 bits per heavy atom. The Bertz CT molecular complexity index is 702. The maximum absolute atomic E-state index is 12.2. The molecule has 2 rings (SSSR count). The highest BCUT2D eigenvalue weighted by molar-refractivity contribution is 6.37. The number of carbonyl (C=O) groups is 2. The summed E-state index contributed by atoms with van der Waals surface area (Å²) >= 11 is 11.8. The van der Waals surface area contributed by atoms with E-state index < -0.39 is 0 Å². The first-order valence-electron chi connectivity index (χ1n) is 6.10. The second-order valence-corrected chi connectivity index (χ2v) is 5.18. The lowest BCUT2D eigenvalue weighted by Gasteiger charge is -2.09. The number of nitrogens with one attached hydrogen (secondary N) is 2. The van der Waals surface area contributed by atoms with Crippen molar-refractivity contribution in [2.45, 2.75) is 6.92 Å². The Kier molecular flexibility index (Phi) is 4.83. The summed E-state index contributed by atoms with van der Waals surface area (Å²) in [5.74, 6) is -0.532. The summed E-state index contributed by atoms with van der Waals surface area (Å²) in [5.41, 5.74) is 1.48. The van der Waals surface area contributed by atoms with Crippen molar-refractivity contribution in [3.05, 3.63) is 58.1 Å². The van der Waals surface area contributed by atoms with E-state index in [1.54, 1.807) is 36.4 Å². The average molecular weight is 323 g/mol. The number of rotatable bonds is 3. The molecule has 0 aromatic heterocycles. The third kappa shape index (κ3) is 4.21. The quantitative estimate of drug-likeness (QED) is 0.889. The fourth-order valence-corrected chi connectivity index (χ4v) is 2.24. The van der Waals surface area contributed by atoms with Crippen molar-refractivity contribution >= 4 is 46.4 Å². The van der Waals surface area contributed by atoms with Gasteiger partial charge >= 0.3 is 0 Å². The van der Waals surface area contributed by atoms with Crippen LogP contribution in [0.5, 0.6) is 0 Å². The van der Waals surface area contributed by atoms with Gasteiger partial charge in [-0.3, -0.25) is 9.59 Å². The molecule has 108 valence electrons. The Morgan fingerprint density at radius 1 is 0.952 bits per heavy atom. The standard InChI is InChI=1S/C15H12Cl2N2O2/c1-9(20)18-11-3-2-4-12(8-11)19-15(21)13-6-5-10(16)7-14(13)17/h2-8H,1H3,(H,18,20)(H,19,21). The van der Waals surface area contributed by atoms with Gasteiger partial charge in [0, 0.05) is 23.3 Å². The Hall–Kier alpha value is -2.04. The Balaban J connectivity index is 2.17. The number of halogens is 2. The van der Waals surface area contributed by atoms with Crippen LogP contribution in [-0.4, -0.2) is 11.8 Å². The molecule has 2 amide bonds. The zero-order valence-electron chi connectivity index (χ0n) is 11.1. The van der Waals surface area contributed by atoms with Crippen molar-refractivity contribution in [1.82, 2.24) is 0 Å². The molecule has 0 radical (unpaired) electrons. The number of hydrogen-bond acceptors (Lipinski definition) is 2. The lowest BCUT2D eigenvalue weighted by molar-refractivity contribution is -0.114. The minimum atomic E-state index is -0.350. The molecule has 2 aromatic carbocycles. The molecule has 0 aliphatic heterocycles. The van der Waals surface area contributed by atoms with Gasteiger partial charge in [0.1, 0.15) is 0 Å². The van der Waals surface area contributed by atoms with Gasteiger partial charge in [0.25, 0.3) is 5.91 Å². The van der Waals surface area contributed by atoms with E-state index in [4.69, 9.17) is 23.2 Å². The predicted octanol–water partition coefficient (Wildman–Crippen LogP) is 4.20. The lowest BCUT2D eigenvalue weighted by Crippen LogP contribution is -2.13. The van der Waals surface area contributed by atoms with Gasteiger partial charge in [-0.25, -0.2) is 0 Å². The maximum atomic E-state index is 12.2. The van der Waals surface area contributed by atoms with Gasteiger partial charge in [-0.1, -0.05) is 29.3 Å². The summed E-state index contributed by atoms with van der Waals surface area (Å²) in [7, 11) is 0. The molecular formula is C15H12Cl2N2O2. The summed E-state index contributed by atoms with van der Waals surface area (Å²) in [5, 5.41) is 6.10. The fourth-order valence-electron chi connectivity index (χ4n) is 1.75. The summed E-state index contributed by atoms with van der Waals surface area (Å²) in [4.78, 5) is 23.2. The monoisotopic (exact) mass is 322 g/mol. The van der Waals surface area contributed by atoms with Crippen LogP contribution in [0.25, 0.3) is 0 Å². The van der Waals surface area contributed by atoms with E-state index in [0.717, 1.165) is 0 Å². The fraction of sp³-hybridized carbons (Fsp3) is 0.0667. The third-order valence-electron chi connectivity index (χ3n) is 2.62. The molecule has 0 saturated heterocycles. The first-order chi connectivity index (χ1) is 9.95. The predicted molar refractivity (Wildman–Crippen MR) is 85.2 cm³/mol. The molecule has 0 saturated carbocycles. The van der Waals surface area contributed by atoms with E-state index in [-0.39, 0.29) is 16.8 Å². The highest BCUT2D eigenvalue weighted by Gasteiger charge is 2.11. The molecule has 0 fully saturated rings. The van der Waals surface area contributed by atoms with E-state index in [2.05, 4.69) is 10.6 Å². The van der Waals surface area contributed by atoms with Crippen LogP contribution in [0.15, 0.2) is 42.5 Å². The molecule has 0 atom stereocenters. The first-order valence-corrected chi connectivity index (χ1v) is 6.85. The molecular weight excluding hydrogens is 311 g/mol. The summed E-state index contributed by atoms with van der Waals surface area (Å²) in [6.45, 7) is 1.42. The van der Waals surface area contributed by atoms with Gasteiger partial charge < -0.3 is 10.6 Å². The van der Waals surface area contributed by atoms with Crippen molar-refractivity contribution in [2.75, 3.05) is 10.6 Å². The van der Waals surface area contributed by atoms with Gasteiger partial charge in [0.2, 0.25) is 5.91 Å². The minimum absolute atomic E-state index is 0.181. The molecule has 2 N–H and O–H groups in total. The Morgan fingerprint density at radius 3 is 2.24 bits per heavy atom. The van der Waals surface area contributed by atoms with E-state index >= 15 is 0 Å². The number of benzene rings is 2. The molecule has 6 heteroatoms. The van der Waals surface area contributed by atoms with Crippen LogP contribution in [0.4, 0.5) is 11.4 Å². The summed E-state index contributed by atoms with van der Waals surface area (Å²) in [6, 6.07) is 11.5. The zero-order valence-corrected chi connectivity index (χ0v) is 12.6. The minimum Gasteiger partial charge on any atom is -0.326 e. The van der Waals surface area contributed by atoms with Crippen LogP contribution in [0, 0.1) is 0 Å². The second kappa shape index (κ2) is 6.61. The highest BCUT2D eigenvalue weighted by atomic mass is 35.5.